The number of rotatable bonds is 51. The smallest absolute Gasteiger partial charge is 0.456 e. The van der Waals surface area contributed by atoms with Crippen LogP contribution in [-0.2, 0) is 27.9 Å². The highest BCUT2D eigenvalue weighted by molar-refractivity contribution is 7.47. The summed E-state index contributed by atoms with van der Waals surface area (Å²) in [5.41, 5.74) is 0. The molecule has 0 fully saturated rings. The van der Waals surface area contributed by atoms with Gasteiger partial charge in [-0.05, 0) is 109 Å². The van der Waals surface area contributed by atoms with Gasteiger partial charge in [0.25, 0.3) is 0 Å². The van der Waals surface area contributed by atoms with Crippen molar-refractivity contribution in [2.75, 3.05) is 40.9 Å². The maximum Gasteiger partial charge on any atom is 0.472 e. The van der Waals surface area contributed by atoms with Gasteiger partial charge in [-0.2, -0.15) is 0 Å². The van der Waals surface area contributed by atoms with E-state index in [0.717, 1.165) is 116 Å². The van der Waals surface area contributed by atoms with E-state index >= 15 is 0 Å². The number of ether oxygens (including phenoxy) is 1. The second kappa shape index (κ2) is 52.1. The molecular formula is C63H110N2O7P+. The molecule has 0 aliphatic heterocycles. The number of hydrogen-bond acceptors (Lipinski definition) is 6. The van der Waals surface area contributed by atoms with E-state index in [9.17, 15) is 19.0 Å². The van der Waals surface area contributed by atoms with E-state index in [4.69, 9.17) is 13.8 Å². The van der Waals surface area contributed by atoms with Gasteiger partial charge < -0.3 is 19.4 Å². The first kappa shape index (κ1) is 69.7. The summed E-state index contributed by atoms with van der Waals surface area (Å²) >= 11 is 0. The minimum Gasteiger partial charge on any atom is -0.456 e. The second-order valence-electron chi connectivity index (χ2n) is 20.4. The van der Waals surface area contributed by atoms with Crippen LogP contribution in [0.15, 0.2) is 109 Å². The number of carbonyl (C=O) groups excluding carboxylic acids is 2. The van der Waals surface area contributed by atoms with Gasteiger partial charge in [0.05, 0.1) is 33.8 Å². The van der Waals surface area contributed by atoms with Crippen molar-refractivity contribution in [2.24, 2.45) is 0 Å². The number of unbranched alkanes of at least 4 members (excludes halogenated alkanes) is 19. The Morgan fingerprint density at radius 3 is 1.33 bits per heavy atom. The Kier molecular flexibility index (Phi) is 49.7. The van der Waals surface area contributed by atoms with Crippen molar-refractivity contribution >= 4 is 19.7 Å². The molecule has 3 unspecified atom stereocenters. The van der Waals surface area contributed by atoms with Gasteiger partial charge in [0.15, 0.2) is 0 Å². The zero-order valence-corrected chi connectivity index (χ0v) is 48.5. The summed E-state index contributed by atoms with van der Waals surface area (Å²) in [5, 5.41) is 3.03. The Morgan fingerprint density at radius 2 is 0.877 bits per heavy atom. The fourth-order valence-electron chi connectivity index (χ4n) is 7.74. The molecule has 9 nitrogen and oxygen atoms in total. The average molecular weight is 1040 g/mol. The first-order valence-corrected chi connectivity index (χ1v) is 30.7. The van der Waals surface area contributed by atoms with Gasteiger partial charge in [0.2, 0.25) is 5.91 Å². The molecule has 0 aromatic heterocycles. The van der Waals surface area contributed by atoms with Gasteiger partial charge >= 0.3 is 13.8 Å². The average Bonchev–Trinajstić information content (AvgIpc) is 3.35. The van der Waals surface area contributed by atoms with E-state index in [1.165, 1.54) is 70.6 Å². The summed E-state index contributed by atoms with van der Waals surface area (Å²) in [7, 11) is 1.45. The lowest BCUT2D eigenvalue weighted by atomic mass is 10.0. The third-order valence-electron chi connectivity index (χ3n) is 12.2. The summed E-state index contributed by atoms with van der Waals surface area (Å²) in [6, 6.07) is -0.876. The fourth-order valence-corrected chi connectivity index (χ4v) is 8.48. The monoisotopic (exact) mass is 1040 g/mol. The highest BCUT2D eigenvalue weighted by atomic mass is 31.2. The number of nitrogens with zero attached hydrogens (tertiary/aromatic N) is 1. The zero-order chi connectivity index (χ0) is 53.6. The fraction of sp³-hybridized carbons (Fsp3) is 0.683. The van der Waals surface area contributed by atoms with Crippen molar-refractivity contribution < 1.29 is 37.3 Å². The highest BCUT2D eigenvalue weighted by Crippen LogP contribution is 2.43. The standard InChI is InChI=1S/C63H109N2O7P/c1-7-10-13-16-19-22-25-28-30-31-32-33-34-35-36-38-41-44-47-50-53-56-63(67)72-61(54-51-48-45-42-39-27-24-21-18-15-12-9-3)60(59-71-73(68,69)70-58-57-65(4,5)6)64-62(66)55-52-49-46-43-40-37-29-26-23-20-17-14-11-8-2/h10-11,13-14,19-20,22-23,28,30,32-33,35-36,41,44,51,54,60-61H,7-9,12,15-18,21,24-27,29,31,34,37-40,42-43,45-50,52-53,55-59H2,1-6H3,(H-,64,66,68,69)/p+1/b13-10-,14-11+,22-19-,23-20+,30-28-,33-32-,36-35-,44-41-,54-51-. The van der Waals surface area contributed by atoms with Crippen LogP contribution in [0.2, 0.25) is 0 Å². The molecule has 0 heterocycles. The van der Waals surface area contributed by atoms with E-state index < -0.39 is 20.0 Å². The van der Waals surface area contributed by atoms with Crippen LogP contribution in [0.25, 0.3) is 0 Å². The second-order valence-corrected chi connectivity index (χ2v) is 21.9. The third-order valence-corrected chi connectivity index (χ3v) is 13.2. The quantitative estimate of drug-likeness (QED) is 0.0205. The molecule has 0 aromatic carbocycles. The SMILES string of the molecule is CC/C=C\C/C=C\C/C=C\C/C=C\C/C=C\C/C=C\CCCCC(=O)OC(/C=C\CCCCCCCCCCCC)C(COP(=O)(O)OCC[N+](C)(C)C)NC(=O)CCCCCCCCC/C=C/C/C=C/CC. The molecule has 2 N–H and O–H groups in total. The normalized spacial score (nSPS) is 14.6. The zero-order valence-electron chi connectivity index (χ0n) is 47.6. The van der Waals surface area contributed by atoms with Crippen LogP contribution in [-0.4, -0.2) is 74.3 Å². The molecule has 0 saturated carbocycles. The maximum absolute atomic E-state index is 13.5. The summed E-state index contributed by atoms with van der Waals surface area (Å²) in [4.78, 5) is 37.6. The Labute approximate surface area is 449 Å². The van der Waals surface area contributed by atoms with Crippen LogP contribution >= 0.6 is 7.82 Å². The third kappa shape index (κ3) is 53.3. The predicted octanol–water partition coefficient (Wildman–Crippen LogP) is 17.8. The Balaban J connectivity index is 5.40. The van der Waals surface area contributed by atoms with Gasteiger partial charge in [-0.1, -0.05) is 214 Å². The van der Waals surface area contributed by atoms with Gasteiger partial charge in [-0.15, -0.1) is 0 Å². The molecule has 0 saturated heterocycles. The van der Waals surface area contributed by atoms with Crippen molar-refractivity contribution in [3.8, 4) is 0 Å². The largest absolute Gasteiger partial charge is 0.472 e. The molecule has 0 aliphatic carbocycles. The molecule has 3 atom stereocenters. The number of phosphoric ester groups is 1. The number of nitrogens with one attached hydrogen (secondary N) is 1. The molecule has 0 rings (SSSR count). The molecule has 418 valence electrons. The molecule has 10 heteroatoms. The van der Waals surface area contributed by atoms with Crippen LogP contribution in [0.3, 0.4) is 0 Å². The first-order valence-electron chi connectivity index (χ1n) is 29.2. The van der Waals surface area contributed by atoms with Crippen LogP contribution in [0.5, 0.6) is 0 Å². The van der Waals surface area contributed by atoms with Crippen LogP contribution in [0.1, 0.15) is 226 Å². The number of allylic oxidation sites excluding steroid dienone is 17. The summed E-state index contributed by atoms with van der Waals surface area (Å²) in [6.45, 7) is 6.73. The van der Waals surface area contributed by atoms with E-state index in [1.807, 2.05) is 33.3 Å². The molecule has 1 amide bonds. The van der Waals surface area contributed by atoms with Gasteiger partial charge in [-0.25, -0.2) is 4.57 Å². The minimum absolute atomic E-state index is 0.0258. The van der Waals surface area contributed by atoms with Crippen LogP contribution in [0.4, 0.5) is 0 Å². The van der Waals surface area contributed by atoms with E-state index in [0.29, 0.717) is 23.9 Å². The molecule has 0 bridgehead atoms. The lowest BCUT2D eigenvalue weighted by Crippen LogP contribution is -2.47. The van der Waals surface area contributed by atoms with Crippen LogP contribution < -0.4 is 5.32 Å². The number of carbonyl (C=O) groups is 2. The number of esters is 1. The molecule has 73 heavy (non-hydrogen) atoms. The Hall–Kier alpha value is -3.33. The Morgan fingerprint density at radius 1 is 0.493 bits per heavy atom. The van der Waals surface area contributed by atoms with E-state index in [-0.39, 0.29) is 31.5 Å². The van der Waals surface area contributed by atoms with Gasteiger partial charge in [0, 0.05) is 12.8 Å². The lowest BCUT2D eigenvalue weighted by molar-refractivity contribution is -0.870. The molecule has 0 spiro atoms. The Bertz CT molecular complexity index is 1620. The number of quaternary nitrogens is 1. The molecule has 0 aromatic rings. The summed E-state index contributed by atoms with van der Waals surface area (Å²) < 4.78 is 30.6. The minimum atomic E-state index is -4.46. The number of hydrogen-bond donors (Lipinski definition) is 2. The predicted molar refractivity (Wildman–Crippen MR) is 313 cm³/mol. The van der Waals surface area contributed by atoms with Crippen molar-refractivity contribution in [1.82, 2.24) is 5.32 Å². The maximum atomic E-state index is 13.5. The van der Waals surface area contributed by atoms with E-state index in [1.54, 1.807) is 0 Å². The summed E-state index contributed by atoms with van der Waals surface area (Å²) in [6.07, 6.45) is 70.9. The van der Waals surface area contributed by atoms with Crippen molar-refractivity contribution in [3.05, 3.63) is 109 Å². The molecular weight excluding hydrogens is 928 g/mol. The summed E-state index contributed by atoms with van der Waals surface area (Å²) in [5.74, 6) is -0.574. The van der Waals surface area contributed by atoms with E-state index in [2.05, 4.69) is 123 Å². The number of amides is 1. The molecule has 0 aliphatic rings. The van der Waals surface area contributed by atoms with Crippen LogP contribution in [0, 0.1) is 0 Å². The highest BCUT2D eigenvalue weighted by Gasteiger charge is 2.30. The number of phosphoric acid groups is 1. The van der Waals surface area contributed by atoms with Crippen molar-refractivity contribution in [2.45, 2.75) is 238 Å². The van der Waals surface area contributed by atoms with Crippen molar-refractivity contribution in [3.63, 3.8) is 0 Å². The van der Waals surface area contributed by atoms with Gasteiger partial charge in [0.1, 0.15) is 19.3 Å². The first-order chi connectivity index (χ1) is 35.4. The van der Waals surface area contributed by atoms with Gasteiger partial charge in [-0.3, -0.25) is 18.6 Å². The molecule has 0 radical (unpaired) electrons. The van der Waals surface area contributed by atoms with Crippen molar-refractivity contribution in [1.29, 1.82) is 0 Å². The number of likely N-dealkylation sites (N-methyl/N-ethyl adjacent to an activating group) is 1. The lowest BCUT2D eigenvalue weighted by Gasteiger charge is -2.27. The topological polar surface area (TPSA) is 111 Å².